The Bertz CT molecular complexity index is 964. The highest BCUT2D eigenvalue weighted by atomic mass is 32.2. The number of hydrogen-bond donors (Lipinski definition) is 1. The minimum atomic E-state index is -3.27. The lowest BCUT2D eigenvalue weighted by atomic mass is 9.91. The molecule has 1 unspecified atom stereocenters. The second-order valence-corrected chi connectivity index (χ2v) is 9.04. The van der Waals surface area contributed by atoms with Crippen LogP contribution in [0.2, 0.25) is 0 Å². The Hall–Kier alpha value is -2.34. The summed E-state index contributed by atoms with van der Waals surface area (Å²) in [5.74, 6) is 1.95. The number of sulfone groups is 1. The zero-order valence-electron chi connectivity index (χ0n) is 14.6. The highest BCUT2D eigenvalue weighted by molar-refractivity contribution is 7.91. The average molecular weight is 371 g/mol. The Balaban J connectivity index is 1.66. The summed E-state index contributed by atoms with van der Waals surface area (Å²) < 4.78 is 30.9. The average Bonchev–Trinajstić information content (AvgIpc) is 3.47. The summed E-state index contributed by atoms with van der Waals surface area (Å²) in [6.45, 7) is 0. The van der Waals surface area contributed by atoms with Gasteiger partial charge in [0.05, 0.1) is 10.6 Å². The first-order chi connectivity index (χ1) is 12.5. The van der Waals surface area contributed by atoms with Crippen molar-refractivity contribution in [1.82, 2.24) is 5.32 Å². The number of fused-ring (bicyclic) bond motifs is 1. The van der Waals surface area contributed by atoms with E-state index in [0.717, 1.165) is 5.56 Å². The van der Waals surface area contributed by atoms with Crippen LogP contribution in [0.4, 0.5) is 0 Å². The summed E-state index contributed by atoms with van der Waals surface area (Å²) >= 11 is 0. The van der Waals surface area contributed by atoms with Crippen molar-refractivity contribution in [1.29, 1.82) is 0 Å². The predicted octanol–water partition coefficient (Wildman–Crippen LogP) is 3.51. The van der Waals surface area contributed by atoms with Crippen molar-refractivity contribution >= 4 is 15.7 Å². The molecule has 136 valence electrons. The first kappa shape index (κ1) is 17.1. The fourth-order valence-electron chi connectivity index (χ4n) is 3.67. The van der Waals surface area contributed by atoms with Crippen molar-refractivity contribution < 1.29 is 17.9 Å². The Labute approximate surface area is 153 Å². The number of carbonyl (C=O) groups excluding carboxylic acids is 1. The fraction of sp³-hybridized carbons (Fsp3) is 0.350. The molecule has 1 fully saturated rings. The van der Waals surface area contributed by atoms with Gasteiger partial charge in [0.25, 0.3) is 5.91 Å². The molecule has 6 heteroatoms. The number of ether oxygens (including phenoxy) is 1. The van der Waals surface area contributed by atoms with E-state index < -0.39 is 9.84 Å². The van der Waals surface area contributed by atoms with Crippen molar-refractivity contribution in [2.75, 3.05) is 12.8 Å². The van der Waals surface area contributed by atoms with Gasteiger partial charge in [0.1, 0.15) is 11.5 Å². The minimum absolute atomic E-state index is 0.198. The number of hydrogen-bond acceptors (Lipinski definition) is 4. The van der Waals surface area contributed by atoms with E-state index in [1.165, 1.54) is 12.8 Å². The lowest BCUT2D eigenvalue weighted by Gasteiger charge is -2.25. The number of carbonyl (C=O) groups is 1. The van der Waals surface area contributed by atoms with E-state index in [1.54, 1.807) is 37.4 Å². The van der Waals surface area contributed by atoms with Gasteiger partial charge in [0, 0.05) is 12.6 Å². The Kier molecular flexibility index (Phi) is 4.23. The van der Waals surface area contributed by atoms with Crippen LogP contribution in [0.1, 0.15) is 41.1 Å². The third kappa shape index (κ3) is 3.21. The van der Waals surface area contributed by atoms with Gasteiger partial charge >= 0.3 is 0 Å². The topological polar surface area (TPSA) is 72.5 Å². The van der Waals surface area contributed by atoms with Crippen molar-refractivity contribution in [2.45, 2.75) is 30.1 Å². The van der Waals surface area contributed by atoms with Crippen LogP contribution in [0.15, 0.2) is 47.4 Å². The highest BCUT2D eigenvalue weighted by Gasteiger charge is 2.39. The molecule has 1 aliphatic heterocycles. The molecule has 1 saturated carbocycles. The van der Waals surface area contributed by atoms with Crippen molar-refractivity contribution in [3.63, 3.8) is 0 Å². The molecule has 1 heterocycles. The van der Waals surface area contributed by atoms with Crippen LogP contribution in [0.3, 0.4) is 0 Å². The van der Waals surface area contributed by atoms with E-state index in [-0.39, 0.29) is 11.7 Å². The summed E-state index contributed by atoms with van der Waals surface area (Å²) in [6.07, 6.45) is 3.09. The summed E-state index contributed by atoms with van der Waals surface area (Å²) in [4.78, 5) is 12.2. The van der Waals surface area contributed by atoms with Crippen LogP contribution in [-0.2, 0) is 9.84 Å². The van der Waals surface area contributed by atoms with Crippen LogP contribution in [-0.4, -0.2) is 27.1 Å². The third-order valence-electron chi connectivity index (χ3n) is 5.17. The van der Waals surface area contributed by atoms with Gasteiger partial charge in [-0.15, -0.1) is 0 Å². The number of nitrogens with one attached hydrogen (secondary N) is 1. The SMILES string of the molecule is CNC(=O)c1cccc(Oc2ccc3c(c2)S(=O)(=O)CCC3C2CC2)c1. The summed E-state index contributed by atoms with van der Waals surface area (Å²) in [5, 5.41) is 2.57. The standard InChI is InChI=1S/C20H21NO4S/c1-21-20(22)14-3-2-4-15(11-14)25-16-7-8-18-17(13-5-6-13)9-10-26(23,24)19(18)12-16/h2-4,7-8,11-13,17H,5-6,9-10H2,1H3,(H,21,22). The largest absolute Gasteiger partial charge is 0.457 e. The van der Waals surface area contributed by atoms with Crippen molar-refractivity contribution in [3.8, 4) is 11.5 Å². The normalized spacial score (nSPS) is 20.9. The van der Waals surface area contributed by atoms with Gasteiger partial charge in [-0.05, 0) is 67.0 Å². The maximum absolute atomic E-state index is 12.5. The second-order valence-electron chi connectivity index (χ2n) is 6.96. The van der Waals surface area contributed by atoms with Gasteiger partial charge in [-0.2, -0.15) is 0 Å². The molecule has 2 aromatic carbocycles. The molecule has 26 heavy (non-hydrogen) atoms. The molecule has 1 aliphatic carbocycles. The van der Waals surface area contributed by atoms with E-state index in [4.69, 9.17) is 4.74 Å². The van der Waals surface area contributed by atoms with Crippen LogP contribution < -0.4 is 10.1 Å². The maximum Gasteiger partial charge on any atom is 0.251 e. The lowest BCUT2D eigenvalue weighted by Crippen LogP contribution is -2.21. The quantitative estimate of drug-likeness (QED) is 0.893. The summed E-state index contributed by atoms with van der Waals surface area (Å²) in [7, 11) is -1.70. The van der Waals surface area contributed by atoms with Crippen molar-refractivity contribution in [3.05, 3.63) is 53.6 Å². The molecule has 5 nitrogen and oxygen atoms in total. The zero-order valence-corrected chi connectivity index (χ0v) is 15.4. The third-order valence-corrected chi connectivity index (χ3v) is 6.96. The first-order valence-corrected chi connectivity index (χ1v) is 10.5. The second kappa shape index (κ2) is 6.43. The molecule has 0 radical (unpaired) electrons. The lowest BCUT2D eigenvalue weighted by molar-refractivity contribution is 0.0963. The Morgan fingerprint density at radius 2 is 1.85 bits per heavy atom. The Morgan fingerprint density at radius 1 is 1.08 bits per heavy atom. The van der Waals surface area contributed by atoms with Gasteiger partial charge in [-0.25, -0.2) is 8.42 Å². The molecule has 0 bridgehead atoms. The van der Waals surface area contributed by atoms with Crippen LogP contribution in [0.5, 0.6) is 11.5 Å². The smallest absolute Gasteiger partial charge is 0.251 e. The molecular weight excluding hydrogens is 350 g/mol. The fourth-order valence-corrected chi connectivity index (χ4v) is 5.33. The van der Waals surface area contributed by atoms with Crippen molar-refractivity contribution in [2.24, 2.45) is 5.92 Å². The molecule has 4 rings (SSSR count). The minimum Gasteiger partial charge on any atom is -0.457 e. The molecular formula is C20H21NO4S. The summed E-state index contributed by atoms with van der Waals surface area (Å²) in [5.41, 5.74) is 1.43. The maximum atomic E-state index is 12.5. The highest BCUT2D eigenvalue weighted by Crippen LogP contribution is 2.49. The molecule has 1 atom stereocenters. The zero-order chi connectivity index (χ0) is 18.3. The predicted molar refractivity (Wildman–Crippen MR) is 98.5 cm³/mol. The van der Waals surface area contributed by atoms with E-state index in [1.807, 2.05) is 12.1 Å². The number of amides is 1. The van der Waals surface area contributed by atoms with E-state index in [9.17, 15) is 13.2 Å². The first-order valence-electron chi connectivity index (χ1n) is 8.84. The van der Waals surface area contributed by atoms with Crippen LogP contribution >= 0.6 is 0 Å². The Morgan fingerprint density at radius 3 is 2.58 bits per heavy atom. The molecule has 2 aliphatic rings. The molecule has 0 spiro atoms. The summed E-state index contributed by atoms with van der Waals surface area (Å²) in [6, 6.07) is 12.2. The molecule has 2 aromatic rings. The van der Waals surface area contributed by atoms with Gasteiger partial charge in [-0.3, -0.25) is 4.79 Å². The number of benzene rings is 2. The monoisotopic (exact) mass is 371 g/mol. The molecule has 1 amide bonds. The van der Waals surface area contributed by atoms with Gasteiger partial charge in [0.15, 0.2) is 9.84 Å². The molecule has 0 aromatic heterocycles. The van der Waals surface area contributed by atoms with Gasteiger partial charge < -0.3 is 10.1 Å². The van der Waals surface area contributed by atoms with Gasteiger partial charge in [-0.1, -0.05) is 12.1 Å². The van der Waals surface area contributed by atoms with E-state index in [2.05, 4.69) is 5.32 Å². The van der Waals surface area contributed by atoms with Crippen LogP contribution in [0.25, 0.3) is 0 Å². The number of rotatable bonds is 4. The van der Waals surface area contributed by atoms with E-state index in [0.29, 0.717) is 40.2 Å². The van der Waals surface area contributed by atoms with Crippen LogP contribution in [0, 0.1) is 5.92 Å². The van der Waals surface area contributed by atoms with E-state index >= 15 is 0 Å². The molecule has 1 N–H and O–H groups in total. The van der Waals surface area contributed by atoms with Gasteiger partial charge in [0.2, 0.25) is 0 Å². The molecule has 0 saturated heterocycles.